The molecule has 1 heterocycles. The summed E-state index contributed by atoms with van der Waals surface area (Å²) < 4.78 is 5.95. The largest absolute Gasteiger partial charge is 0.457 e. The first-order chi connectivity index (χ1) is 13.3. The minimum Gasteiger partial charge on any atom is -0.457 e. The molecule has 1 saturated heterocycles. The molecule has 4 rings (SSSR count). The number of ether oxygens (including phenoxy) is 1. The molecule has 2 heteroatoms. The van der Waals surface area contributed by atoms with Crippen LogP contribution in [-0.2, 0) is 6.54 Å². The van der Waals surface area contributed by atoms with Crippen molar-refractivity contribution in [2.45, 2.75) is 19.4 Å². The molecule has 2 nitrogen and oxygen atoms in total. The van der Waals surface area contributed by atoms with E-state index in [1.165, 1.54) is 16.7 Å². The van der Waals surface area contributed by atoms with Gasteiger partial charge in [0.2, 0.25) is 0 Å². The van der Waals surface area contributed by atoms with Crippen LogP contribution in [-0.4, -0.2) is 18.0 Å². The Balaban J connectivity index is 1.36. The molecule has 3 aromatic carbocycles. The maximum Gasteiger partial charge on any atom is 0.128 e. The third-order valence-electron chi connectivity index (χ3n) is 4.96. The average molecular weight is 355 g/mol. The molecule has 0 radical (unpaired) electrons. The number of benzene rings is 3. The molecule has 0 unspecified atom stereocenters. The Morgan fingerprint density at radius 3 is 2.15 bits per heavy atom. The van der Waals surface area contributed by atoms with Crippen LogP contribution >= 0.6 is 0 Å². The number of hydrogen-bond acceptors (Lipinski definition) is 2. The summed E-state index contributed by atoms with van der Waals surface area (Å²) in [6.07, 6.45) is 4.60. The Morgan fingerprint density at radius 1 is 0.741 bits per heavy atom. The van der Waals surface area contributed by atoms with E-state index in [4.69, 9.17) is 4.74 Å². The lowest BCUT2D eigenvalue weighted by atomic mass is 10.0. The van der Waals surface area contributed by atoms with Crippen molar-refractivity contribution < 1.29 is 4.74 Å². The van der Waals surface area contributed by atoms with Gasteiger partial charge >= 0.3 is 0 Å². The van der Waals surface area contributed by atoms with Crippen molar-refractivity contribution in [3.05, 3.63) is 102 Å². The lowest BCUT2D eigenvalue weighted by molar-refractivity contribution is 0.249. The predicted molar refractivity (Wildman–Crippen MR) is 112 cm³/mol. The molecule has 0 atom stereocenters. The monoisotopic (exact) mass is 355 g/mol. The van der Waals surface area contributed by atoms with E-state index in [2.05, 4.69) is 59.5 Å². The smallest absolute Gasteiger partial charge is 0.128 e. The number of piperidine rings is 1. The zero-order chi connectivity index (χ0) is 18.3. The van der Waals surface area contributed by atoms with E-state index < -0.39 is 0 Å². The van der Waals surface area contributed by atoms with Crippen molar-refractivity contribution in [3.63, 3.8) is 0 Å². The summed E-state index contributed by atoms with van der Waals surface area (Å²) in [5, 5.41) is 0. The van der Waals surface area contributed by atoms with E-state index in [9.17, 15) is 0 Å². The van der Waals surface area contributed by atoms with Crippen LogP contribution in [0.1, 0.15) is 24.0 Å². The fraction of sp³-hybridized carbons (Fsp3) is 0.200. The molecule has 3 aromatic rings. The molecule has 0 saturated carbocycles. The molecule has 27 heavy (non-hydrogen) atoms. The fourth-order valence-corrected chi connectivity index (χ4v) is 3.51. The lowest BCUT2D eigenvalue weighted by Crippen LogP contribution is -2.30. The first kappa shape index (κ1) is 17.6. The Labute approximate surface area is 161 Å². The highest BCUT2D eigenvalue weighted by molar-refractivity contribution is 5.55. The number of hydrogen-bond donors (Lipinski definition) is 0. The van der Waals surface area contributed by atoms with Crippen molar-refractivity contribution in [1.82, 2.24) is 4.90 Å². The molecule has 0 spiro atoms. The van der Waals surface area contributed by atoms with Crippen molar-refractivity contribution >= 4 is 6.08 Å². The highest BCUT2D eigenvalue weighted by Gasteiger charge is 2.14. The van der Waals surface area contributed by atoms with Crippen molar-refractivity contribution in [1.29, 1.82) is 0 Å². The minimum absolute atomic E-state index is 0.872. The number of rotatable bonds is 5. The molecular weight excluding hydrogens is 330 g/mol. The van der Waals surface area contributed by atoms with Gasteiger partial charge in [-0.25, -0.2) is 0 Å². The minimum atomic E-state index is 0.872. The quantitative estimate of drug-likeness (QED) is 0.543. The fourth-order valence-electron chi connectivity index (χ4n) is 3.51. The summed E-state index contributed by atoms with van der Waals surface area (Å²) in [7, 11) is 0. The van der Waals surface area contributed by atoms with Gasteiger partial charge in [-0.2, -0.15) is 0 Å². The van der Waals surface area contributed by atoms with Gasteiger partial charge in [-0.1, -0.05) is 72.3 Å². The first-order valence-corrected chi connectivity index (χ1v) is 9.64. The first-order valence-electron chi connectivity index (χ1n) is 9.64. The number of para-hydroxylation sites is 1. The van der Waals surface area contributed by atoms with E-state index in [1.807, 2.05) is 36.4 Å². The van der Waals surface area contributed by atoms with E-state index in [1.54, 1.807) is 0 Å². The molecular formula is C25H25NO. The van der Waals surface area contributed by atoms with Gasteiger partial charge < -0.3 is 4.74 Å². The molecule has 1 fully saturated rings. The Morgan fingerprint density at radius 2 is 1.41 bits per heavy atom. The lowest BCUT2D eigenvalue weighted by Gasteiger charge is -2.28. The molecule has 136 valence electrons. The van der Waals surface area contributed by atoms with E-state index >= 15 is 0 Å². The van der Waals surface area contributed by atoms with Gasteiger partial charge in [0.05, 0.1) is 0 Å². The van der Waals surface area contributed by atoms with Crippen molar-refractivity contribution in [2.75, 3.05) is 13.1 Å². The van der Waals surface area contributed by atoms with Crippen LogP contribution in [0, 0.1) is 0 Å². The zero-order valence-electron chi connectivity index (χ0n) is 15.6. The van der Waals surface area contributed by atoms with Gasteiger partial charge in [0.15, 0.2) is 0 Å². The Hall–Kier alpha value is -2.84. The van der Waals surface area contributed by atoms with Gasteiger partial charge in [0, 0.05) is 19.6 Å². The molecule has 0 N–H and O–H groups in total. The van der Waals surface area contributed by atoms with Crippen LogP contribution < -0.4 is 4.74 Å². The predicted octanol–water partition coefficient (Wildman–Crippen LogP) is 6.16. The number of nitrogens with zero attached hydrogens (tertiary/aromatic N) is 1. The number of likely N-dealkylation sites (tertiary alicyclic amines) is 1. The maximum absolute atomic E-state index is 5.95. The highest BCUT2D eigenvalue weighted by Crippen LogP contribution is 2.25. The van der Waals surface area contributed by atoms with Crippen LogP contribution in [0.5, 0.6) is 11.5 Å². The second kappa shape index (κ2) is 8.70. The normalized spacial score (nSPS) is 14.7. The molecule has 0 bridgehead atoms. The Kier molecular flexibility index (Phi) is 5.66. The highest BCUT2D eigenvalue weighted by atomic mass is 16.5. The zero-order valence-corrected chi connectivity index (χ0v) is 15.6. The van der Waals surface area contributed by atoms with E-state index in [0.717, 1.165) is 44.0 Å². The topological polar surface area (TPSA) is 12.5 Å². The van der Waals surface area contributed by atoms with Gasteiger partial charge in [0.25, 0.3) is 0 Å². The summed E-state index contributed by atoms with van der Waals surface area (Å²) in [4.78, 5) is 2.54. The SMILES string of the molecule is C(=C1CCN(Cc2ccccc2)CC1)c1cccc(Oc2ccccc2)c1. The van der Waals surface area contributed by atoms with Gasteiger partial charge in [-0.05, 0) is 48.2 Å². The third-order valence-corrected chi connectivity index (χ3v) is 4.96. The van der Waals surface area contributed by atoms with Gasteiger partial charge in [0.1, 0.15) is 11.5 Å². The molecule has 0 aromatic heterocycles. The van der Waals surface area contributed by atoms with Crippen LogP contribution in [0.15, 0.2) is 90.5 Å². The summed E-state index contributed by atoms with van der Waals surface area (Å²) >= 11 is 0. The van der Waals surface area contributed by atoms with E-state index in [0.29, 0.717) is 0 Å². The maximum atomic E-state index is 5.95. The van der Waals surface area contributed by atoms with Crippen LogP contribution in [0.2, 0.25) is 0 Å². The second-order valence-corrected chi connectivity index (χ2v) is 7.05. The average Bonchev–Trinajstić information content (AvgIpc) is 2.71. The standard InChI is InChI=1S/C25H25NO/c1-3-8-22(9-4-1)20-26-16-14-21(15-17-26)18-23-10-7-13-25(19-23)27-24-11-5-2-6-12-24/h1-13,18-19H,14-17,20H2. The van der Waals surface area contributed by atoms with Gasteiger partial charge in [-0.15, -0.1) is 0 Å². The molecule has 1 aliphatic heterocycles. The van der Waals surface area contributed by atoms with Crippen LogP contribution in [0.4, 0.5) is 0 Å². The third kappa shape index (κ3) is 5.08. The van der Waals surface area contributed by atoms with Crippen LogP contribution in [0.3, 0.4) is 0 Å². The van der Waals surface area contributed by atoms with Gasteiger partial charge in [-0.3, -0.25) is 4.90 Å². The second-order valence-electron chi connectivity index (χ2n) is 7.05. The summed E-state index contributed by atoms with van der Waals surface area (Å²) in [5.41, 5.74) is 4.14. The molecule has 0 amide bonds. The summed E-state index contributed by atoms with van der Waals surface area (Å²) in [6.45, 7) is 3.30. The molecule has 1 aliphatic rings. The van der Waals surface area contributed by atoms with Crippen molar-refractivity contribution in [3.8, 4) is 11.5 Å². The summed E-state index contributed by atoms with van der Waals surface area (Å²) in [5.74, 6) is 1.76. The van der Waals surface area contributed by atoms with E-state index in [-0.39, 0.29) is 0 Å². The van der Waals surface area contributed by atoms with Crippen LogP contribution in [0.25, 0.3) is 6.08 Å². The summed E-state index contributed by atoms with van der Waals surface area (Å²) in [6, 6.07) is 29.0. The molecule has 0 aliphatic carbocycles. The Bertz CT molecular complexity index is 876. The van der Waals surface area contributed by atoms with Crippen molar-refractivity contribution in [2.24, 2.45) is 0 Å².